The third kappa shape index (κ3) is 4.94. The second-order valence-electron chi connectivity index (χ2n) is 10.5. The van der Waals surface area contributed by atoms with E-state index in [1.165, 1.54) is 12.8 Å². The lowest BCUT2D eigenvalue weighted by Gasteiger charge is -2.36. The number of methoxy groups -OCH3 is 3. The number of rotatable bonds is 10. The number of hydrogen-bond donors (Lipinski definition) is 2. The van der Waals surface area contributed by atoms with Crippen molar-refractivity contribution in [1.29, 1.82) is 0 Å². The maximum atomic E-state index is 10.1. The molecule has 1 saturated heterocycles. The van der Waals surface area contributed by atoms with Crippen LogP contribution >= 0.6 is 0 Å². The van der Waals surface area contributed by atoms with E-state index in [1.54, 1.807) is 21.3 Å². The lowest BCUT2D eigenvalue weighted by Crippen LogP contribution is -2.45. The standard InChI is InChI=1S/C29H36N6O4/c1-37-21-12-11-19(25(14-21)39-3)15-30-29-31-26-22(7-4-8-24(26)38-2)28-32-27(33-35(28)29)20-6-5-13-34(16-20)23(17-36)18-9-10-18/h4,7-8,11-12,14,18,20,23,36H,5-6,9-10,13,15-17H2,1-3H3,(H,30,31)/t20-,23-/m1/s1. The number of likely N-dealkylation sites (tertiary alicyclic amines) is 1. The van der Waals surface area contributed by atoms with Gasteiger partial charge in [-0.3, -0.25) is 4.90 Å². The van der Waals surface area contributed by atoms with E-state index in [1.807, 2.05) is 40.9 Å². The predicted octanol–water partition coefficient (Wildman–Crippen LogP) is 3.87. The number of nitrogens with zero attached hydrogens (tertiary/aromatic N) is 5. The maximum Gasteiger partial charge on any atom is 0.226 e. The van der Waals surface area contributed by atoms with Crippen LogP contribution in [0, 0.1) is 5.92 Å². The van der Waals surface area contributed by atoms with E-state index in [2.05, 4.69) is 10.2 Å². The van der Waals surface area contributed by atoms with Crippen molar-refractivity contribution in [3.8, 4) is 17.2 Å². The van der Waals surface area contributed by atoms with Crippen molar-refractivity contribution in [2.24, 2.45) is 5.92 Å². The fourth-order valence-corrected chi connectivity index (χ4v) is 5.81. The minimum absolute atomic E-state index is 0.196. The Balaban J connectivity index is 1.37. The molecule has 4 aromatic rings. The Kier molecular flexibility index (Phi) is 7.14. The number of para-hydroxylation sites is 1. The molecule has 2 aromatic heterocycles. The quantitative estimate of drug-likeness (QED) is 0.315. The molecule has 0 amide bonds. The zero-order valence-electron chi connectivity index (χ0n) is 22.8. The Bertz CT molecular complexity index is 1470. The number of nitrogens with one attached hydrogen (secondary N) is 1. The van der Waals surface area contributed by atoms with Crippen LogP contribution in [0.1, 0.15) is 43.0 Å². The van der Waals surface area contributed by atoms with Crippen LogP contribution in [0.25, 0.3) is 16.6 Å². The van der Waals surface area contributed by atoms with Crippen LogP contribution in [-0.2, 0) is 6.54 Å². The molecule has 2 fully saturated rings. The van der Waals surface area contributed by atoms with Gasteiger partial charge in [-0.2, -0.15) is 4.52 Å². The first-order chi connectivity index (χ1) is 19.1. The zero-order valence-corrected chi connectivity index (χ0v) is 22.8. The summed E-state index contributed by atoms with van der Waals surface area (Å²) in [5.74, 6) is 4.36. The number of aliphatic hydroxyl groups excluding tert-OH is 1. The number of benzene rings is 2. The van der Waals surface area contributed by atoms with E-state index in [0.29, 0.717) is 24.2 Å². The lowest BCUT2D eigenvalue weighted by molar-refractivity contribution is 0.0808. The SMILES string of the molecule is COc1ccc(CNc2nc3c(OC)cccc3c3nc([C@@H]4CCCN([C@H](CO)C5CC5)C4)nn23)c(OC)c1. The smallest absolute Gasteiger partial charge is 0.226 e. The van der Waals surface area contributed by atoms with Crippen molar-refractivity contribution >= 4 is 22.5 Å². The topological polar surface area (TPSA) is 106 Å². The molecular formula is C29H36N6O4. The molecule has 0 unspecified atom stereocenters. The van der Waals surface area contributed by atoms with Gasteiger partial charge in [0.05, 0.1) is 27.9 Å². The van der Waals surface area contributed by atoms with E-state index in [-0.39, 0.29) is 18.6 Å². The molecule has 10 nitrogen and oxygen atoms in total. The van der Waals surface area contributed by atoms with Crippen LogP contribution in [-0.4, -0.2) is 76.7 Å². The van der Waals surface area contributed by atoms with Crippen molar-refractivity contribution in [3.63, 3.8) is 0 Å². The third-order valence-electron chi connectivity index (χ3n) is 8.07. The minimum Gasteiger partial charge on any atom is -0.497 e. The summed E-state index contributed by atoms with van der Waals surface area (Å²) in [6.45, 7) is 2.57. The van der Waals surface area contributed by atoms with Gasteiger partial charge >= 0.3 is 0 Å². The van der Waals surface area contributed by atoms with E-state index < -0.39 is 0 Å². The van der Waals surface area contributed by atoms with Crippen LogP contribution < -0.4 is 19.5 Å². The van der Waals surface area contributed by atoms with Gasteiger partial charge in [0, 0.05) is 42.1 Å². The molecule has 206 valence electrons. The summed E-state index contributed by atoms with van der Waals surface area (Å²) in [7, 11) is 4.94. The second kappa shape index (κ2) is 10.9. The molecule has 2 N–H and O–H groups in total. The highest BCUT2D eigenvalue weighted by Crippen LogP contribution is 2.38. The summed E-state index contributed by atoms with van der Waals surface area (Å²) in [6, 6.07) is 11.9. The molecule has 1 saturated carbocycles. The average molecular weight is 533 g/mol. The normalized spacial score (nSPS) is 18.8. The molecule has 2 aliphatic rings. The van der Waals surface area contributed by atoms with Crippen molar-refractivity contribution < 1.29 is 19.3 Å². The van der Waals surface area contributed by atoms with E-state index in [9.17, 15) is 5.11 Å². The van der Waals surface area contributed by atoms with Gasteiger partial charge in [-0.25, -0.2) is 9.97 Å². The van der Waals surface area contributed by atoms with Gasteiger partial charge in [0.2, 0.25) is 5.95 Å². The van der Waals surface area contributed by atoms with Gasteiger partial charge in [0.15, 0.2) is 11.5 Å². The highest BCUT2D eigenvalue weighted by atomic mass is 16.5. The summed E-state index contributed by atoms with van der Waals surface area (Å²) in [4.78, 5) is 12.5. The lowest BCUT2D eigenvalue weighted by atomic mass is 9.95. The molecule has 6 rings (SSSR count). The van der Waals surface area contributed by atoms with Crippen LogP contribution in [0.2, 0.25) is 0 Å². The number of anilines is 1. The van der Waals surface area contributed by atoms with Gasteiger partial charge in [0.1, 0.15) is 22.8 Å². The number of ether oxygens (including phenoxy) is 3. The summed E-state index contributed by atoms with van der Waals surface area (Å²) >= 11 is 0. The Morgan fingerprint density at radius 3 is 2.62 bits per heavy atom. The molecule has 2 aromatic carbocycles. The number of aromatic nitrogens is 4. The second-order valence-corrected chi connectivity index (χ2v) is 10.5. The fraction of sp³-hybridized carbons (Fsp3) is 0.483. The molecule has 0 bridgehead atoms. The van der Waals surface area contributed by atoms with Gasteiger partial charge in [-0.05, 0) is 62.4 Å². The summed E-state index contributed by atoms with van der Waals surface area (Å²) in [5, 5.41) is 19.4. The molecule has 3 heterocycles. The van der Waals surface area contributed by atoms with Gasteiger partial charge in [-0.15, -0.1) is 5.10 Å². The molecule has 1 aliphatic carbocycles. The average Bonchev–Trinajstić information content (AvgIpc) is 3.71. The van der Waals surface area contributed by atoms with Crippen molar-refractivity contribution in [1.82, 2.24) is 24.5 Å². The number of aliphatic hydroxyl groups is 1. The Labute approximate surface area is 227 Å². The fourth-order valence-electron chi connectivity index (χ4n) is 5.81. The van der Waals surface area contributed by atoms with Crippen molar-refractivity contribution in [2.75, 3.05) is 46.3 Å². The summed E-state index contributed by atoms with van der Waals surface area (Å²) in [5.41, 5.74) is 2.44. The third-order valence-corrected chi connectivity index (χ3v) is 8.07. The van der Waals surface area contributed by atoms with E-state index in [0.717, 1.165) is 65.4 Å². The molecule has 0 spiro atoms. The zero-order chi connectivity index (χ0) is 26.9. The molecule has 1 aliphatic heterocycles. The van der Waals surface area contributed by atoms with Crippen LogP contribution in [0.15, 0.2) is 36.4 Å². The number of fused-ring (bicyclic) bond motifs is 3. The predicted molar refractivity (Wildman–Crippen MR) is 149 cm³/mol. The summed E-state index contributed by atoms with van der Waals surface area (Å²) < 4.78 is 18.4. The molecule has 0 radical (unpaired) electrons. The Hall–Kier alpha value is -3.63. The van der Waals surface area contributed by atoms with Crippen molar-refractivity contribution in [3.05, 3.63) is 47.8 Å². The highest BCUT2D eigenvalue weighted by Gasteiger charge is 2.37. The molecule has 10 heteroatoms. The first-order valence-corrected chi connectivity index (χ1v) is 13.7. The largest absolute Gasteiger partial charge is 0.497 e. The van der Waals surface area contributed by atoms with Gasteiger partial charge in [0.25, 0.3) is 0 Å². The van der Waals surface area contributed by atoms with E-state index >= 15 is 0 Å². The highest BCUT2D eigenvalue weighted by molar-refractivity contribution is 5.96. The minimum atomic E-state index is 0.196. The van der Waals surface area contributed by atoms with Crippen LogP contribution in [0.4, 0.5) is 5.95 Å². The molecule has 2 atom stereocenters. The number of piperidine rings is 1. The first kappa shape index (κ1) is 25.6. The first-order valence-electron chi connectivity index (χ1n) is 13.7. The monoisotopic (exact) mass is 532 g/mol. The van der Waals surface area contributed by atoms with Crippen molar-refractivity contribution in [2.45, 2.75) is 44.2 Å². The van der Waals surface area contributed by atoms with Crippen LogP contribution in [0.5, 0.6) is 17.2 Å². The summed E-state index contributed by atoms with van der Waals surface area (Å²) in [6.07, 6.45) is 4.52. The Morgan fingerprint density at radius 2 is 1.87 bits per heavy atom. The Morgan fingerprint density at radius 1 is 1.03 bits per heavy atom. The molecular weight excluding hydrogens is 496 g/mol. The van der Waals surface area contributed by atoms with Gasteiger partial charge in [-0.1, -0.05) is 6.07 Å². The molecule has 39 heavy (non-hydrogen) atoms. The van der Waals surface area contributed by atoms with E-state index in [4.69, 9.17) is 29.3 Å². The van der Waals surface area contributed by atoms with Crippen LogP contribution in [0.3, 0.4) is 0 Å². The number of hydrogen-bond acceptors (Lipinski definition) is 9. The van der Waals surface area contributed by atoms with Gasteiger partial charge < -0.3 is 24.6 Å². The maximum absolute atomic E-state index is 10.1.